The molecule has 1 aromatic rings. The number of hydrogen-bond acceptors (Lipinski definition) is 3. The number of hydrogen-bond donors (Lipinski definition) is 1. The summed E-state index contributed by atoms with van der Waals surface area (Å²) in [5, 5.41) is 8.98. The van der Waals surface area contributed by atoms with Crippen LogP contribution in [0.4, 0.5) is 4.79 Å². The quantitative estimate of drug-likeness (QED) is 0.549. The number of halogens is 1. The summed E-state index contributed by atoms with van der Waals surface area (Å²) >= 11 is 2.17. The molecular formula is C14H14INO4. The van der Waals surface area contributed by atoms with Gasteiger partial charge in [0.25, 0.3) is 0 Å². The Balaban J connectivity index is 1.83. The number of carbonyl (C=O) groups is 2. The van der Waals surface area contributed by atoms with Crippen molar-refractivity contribution in [1.82, 2.24) is 4.90 Å². The number of piperidine rings is 1. The van der Waals surface area contributed by atoms with E-state index in [2.05, 4.69) is 22.6 Å². The maximum atomic E-state index is 12.2. The molecule has 20 heavy (non-hydrogen) atoms. The molecule has 5 nitrogen and oxygen atoms in total. The van der Waals surface area contributed by atoms with E-state index in [4.69, 9.17) is 9.84 Å². The minimum atomic E-state index is -0.906. The number of carbonyl (C=O) groups excluding carboxylic acids is 1. The Labute approximate surface area is 130 Å². The first-order valence-corrected chi connectivity index (χ1v) is 7.57. The summed E-state index contributed by atoms with van der Waals surface area (Å²) < 4.78 is 6.67. The Kier molecular flexibility index (Phi) is 3.35. The Bertz CT molecular complexity index is 579. The second kappa shape index (κ2) is 4.91. The fourth-order valence-corrected chi connectivity index (χ4v) is 3.40. The van der Waals surface area contributed by atoms with Gasteiger partial charge in [0.2, 0.25) is 0 Å². The number of rotatable bonds is 0. The molecule has 1 aromatic carbocycles. The highest BCUT2D eigenvalue weighted by atomic mass is 127. The van der Waals surface area contributed by atoms with Gasteiger partial charge in [0, 0.05) is 35.9 Å². The van der Waals surface area contributed by atoms with Gasteiger partial charge in [0.1, 0.15) is 5.60 Å². The lowest BCUT2D eigenvalue weighted by Gasteiger charge is -2.42. The van der Waals surface area contributed by atoms with Crippen molar-refractivity contribution in [3.63, 3.8) is 0 Å². The van der Waals surface area contributed by atoms with Crippen molar-refractivity contribution >= 4 is 34.7 Å². The van der Waals surface area contributed by atoms with Crippen LogP contribution in [0.3, 0.4) is 0 Å². The van der Waals surface area contributed by atoms with Crippen molar-refractivity contribution in [3.8, 4) is 0 Å². The molecule has 106 valence electrons. The molecule has 2 aliphatic rings. The van der Waals surface area contributed by atoms with E-state index < -0.39 is 11.7 Å². The van der Waals surface area contributed by atoms with Crippen LogP contribution < -0.4 is 0 Å². The minimum absolute atomic E-state index is 0.284. The predicted octanol–water partition coefficient (Wildman–Crippen LogP) is 2.52. The van der Waals surface area contributed by atoms with Gasteiger partial charge in [-0.1, -0.05) is 6.07 Å². The van der Waals surface area contributed by atoms with Crippen molar-refractivity contribution in [2.45, 2.75) is 24.9 Å². The van der Waals surface area contributed by atoms with E-state index in [1.54, 1.807) is 0 Å². The number of ether oxygens (including phenoxy) is 1. The molecule has 2 aliphatic heterocycles. The summed E-state index contributed by atoms with van der Waals surface area (Å²) in [5.41, 5.74) is 1.12. The summed E-state index contributed by atoms with van der Waals surface area (Å²) in [4.78, 5) is 24.5. The molecule has 0 bridgehead atoms. The molecule has 2 heterocycles. The first kappa shape index (κ1) is 13.7. The zero-order valence-electron chi connectivity index (χ0n) is 10.8. The van der Waals surface area contributed by atoms with Crippen molar-refractivity contribution in [1.29, 1.82) is 0 Å². The van der Waals surface area contributed by atoms with Gasteiger partial charge in [-0.15, -0.1) is 0 Å². The first-order chi connectivity index (χ1) is 9.49. The third-order valence-corrected chi connectivity index (χ3v) is 4.73. The van der Waals surface area contributed by atoms with Crippen LogP contribution in [0.5, 0.6) is 0 Å². The average Bonchev–Trinajstić information content (AvgIpc) is 2.40. The zero-order chi connectivity index (χ0) is 14.3. The van der Waals surface area contributed by atoms with E-state index in [0.717, 1.165) is 9.13 Å². The molecule has 1 fully saturated rings. The summed E-state index contributed by atoms with van der Waals surface area (Å²) in [5.74, 6) is -0.284. The predicted molar refractivity (Wildman–Crippen MR) is 79.8 cm³/mol. The lowest BCUT2D eigenvalue weighted by atomic mass is 9.82. The third kappa shape index (κ3) is 2.36. The molecule has 1 N–H and O–H groups in total. The number of benzene rings is 1. The highest BCUT2D eigenvalue weighted by Gasteiger charge is 2.43. The number of fused-ring (bicyclic) bond motifs is 1. The summed E-state index contributed by atoms with van der Waals surface area (Å²) in [6, 6.07) is 5.80. The van der Waals surface area contributed by atoms with Crippen molar-refractivity contribution < 1.29 is 19.4 Å². The number of likely N-dealkylation sites (tertiary alicyclic amines) is 1. The van der Waals surface area contributed by atoms with E-state index in [1.165, 1.54) is 4.90 Å². The van der Waals surface area contributed by atoms with Gasteiger partial charge in [0.15, 0.2) is 0 Å². The number of amides is 1. The van der Waals surface area contributed by atoms with E-state index >= 15 is 0 Å². The Morgan fingerprint density at radius 3 is 2.70 bits per heavy atom. The van der Waals surface area contributed by atoms with Crippen LogP contribution in [-0.4, -0.2) is 40.8 Å². The van der Waals surface area contributed by atoms with Crippen LogP contribution in [0.2, 0.25) is 0 Å². The standard InChI is InChI=1S/C14H14INO4/c15-10-2-1-9-8-14(20-12(17)11(9)7-10)3-5-16(6-4-14)13(18)19/h1-2,7H,3-6,8H2,(H,18,19). The van der Waals surface area contributed by atoms with Crippen LogP contribution in [0.1, 0.15) is 28.8 Å². The zero-order valence-corrected chi connectivity index (χ0v) is 12.9. The molecule has 3 rings (SSSR count). The van der Waals surface area contributed by atoms with Crippen LogP contribution in [0.15, 0.2) is 18.2 Å². The minimum Gasteiger partial charge on any atom is -0.465 e. The highest BCUT2D eigenvalue weighted by molar-refractivity contribution is 14.1. The smallest absolute Gasteiger partial charge is 0.407 e. The second-order valence-electron chi connectivity index (χ2n) is 5.32. The number of nitrogens with zero attached hydrogens (tertiary/aromatic N) is 1. The maximum absolute atomic E-state index is 12.2. The van der Waals surface area contributed by atoms with E-state index in [1.807, 2.05) is 18.2 Å². The van der Waals surface area contributed by atoms with E-state index in [-0.39, 0.29) is 5.97 Å². The molecule has 1 spiro atoms. The number of carboxylic acid groups (broad SMARTS) is 1. The van der Waals surface area contributed by atoms with Crippen molar-refractivity contribution in [2.75, 3.05) is 13.1 Å². The van der Waals surface area contributed by atoms with Gasteiger partial charge >= 0.3 is 12.1 Å². The van der Waals surface area contributed by atoms with Gasteiger partial charge in [-0.3, -0.25) is 0 Å². The molecule has 0 aliphatic carbocycles. The normalized spacial score (nSPS) is 20.4. The average molecular weight is 387 g/mol. The van der Waals surface area contributed by atoms with Gasteiger partial charge in [-0.25, -0.2) is 9.59 Å². The summed E-state index contributed by atoms with van der Waals surface area (Å²) in [7, 11) is 0. The molecule has 6 heteroatoms. The lowest BCUT2D eigenvalue weighted by molar-refractivity contribution is -0.0532. The highest BCUT2D eigenvalue weighted by Crippen LogP contribution is 2.36. The van der Waals surface area contributed by atoms with Gasteiger partial charge < -0.3 is 14.7 Å². The van der Waals surface area contributed by atoms with Crippen LogP contribution >= 0.6 is 22.6 Å². The Morgan fingerprint density at radius 1 is 1.35 bits per heavy atom. The largest absolute Gasteiger partial charge is 0.465 e. The van der Waals surface area contributed by atoms with Gasteiger partial charge in [-0.05, 0) is 40.3 Å². The topological polar surface area (TPSA) is 66.8 Å². The van der Waals surface area contributed by atoms with Gasteiger partial charge in [-0.2, -0.15) is 0 Å². The Morgan fingerprint density at radius 2 is 2.05 bits per heavy atom. The van der Waals surface area contributed by atoms with E-state index in [9.17, 15) is 9.59 Å². The third-order valence-electron chi connectivity index (χ3n) is 4.06. The first-order valence-electron chi connectivity index (χ1n) is 6.49. The van der Waals surface area contributed by atoms with E-state index in [0.29, 0.717) is 37.9 Å². The second-order valence-corrected chi connectivity index (χ2v) is 6.57. The summed E-state index contributed by atoms with van der Waals surface area (Å²) in [6.07, 6.45) is 0.905. The van der Waals surface area contributed by atoms with Gasteiger partial charge in [0.05, 0.1) is 5.56 Å². The molecule has 1 amide bonds. The van der Waals surface area contributed by atoms with Crippen LogP contribution in [-0.2, 0) is 11.2 Å². The molecule has 1 saturated heterocycles. The molecular weight excluding hydrogens is 373 g/mol. The van der Waals surface area contributed by atoms with Crippen molar-refractivity contribution in [3.05, 3.63) is 32.9 Å². The SMILES string of the molecule is O=C1OC2(CCN(C(=O)O)CC2)Cc2ccc(I)cc21. The fourth-order valence-electron chi connectivity index (χ4n) is 2.91. The lowest BCUT2D eigenvalue weighted by Crippen LogP contribution is -2.51. The molecule has 0 saturated carbocycles. The van der Waals surface area contributed by atoms with Crippen molar-refractivity contribution in [2.24, 2.45) is 0 Å². The maximum Gasteiger partial charge on any atom is 0.407 e. The summed E-state index contributed by atoms with van der Waals surface area (Å²) in [6.45, 7) is 0.838. The molecule has 0 aromatic heterocycles. The Hall–Kier alpha value is -1.31. The molecule has 0 atom stereocenters. The number of esters is 1. The fraction of sp³-hybridized carbons (Fsp3) is 0.429. The van der Waals surface area contributed by atoms with Crippen LogP contribution in [0, 0.1) is 3.57 Å². The monoisotopic (exact) mass is 387 g/mol. The molecule has 0 unspecified atom stereocenters. The van der Waals surface area contributed by atoms with Crippen LogP contribution in [0.25, 0.3) is 0 Å². The molecule has 0 radical (unpaired) electrons.